The van der Waals surface area contributed by atoms with Gasteiger partial charge in [0.05, 0.1) is 10.8 Å². The lowest BCUT2D eigenvalue weighted by atomic mass is 10.2. The van der Waals surface area contributed by atoms with Gasteiger partial charge in [-0.2, -0.15) is 13.2 Å². The standard InChI is InChI=1S/C21H20F3N3OS/c1-3-27(13-15-9-5-4-6-10-15)19(28)14(2)29-18-16-11-7-8-12-17(16)25-20(26-18)21(22,23)24/h4-12,14H,3,13H2,1-2H3/t14-/m1/s1. The van der Waals surface area contributed by atoms with Gasteiger partial charge in [0, 0.05) is 18.5 Å². The number of para-hydroxylation sites is 1. The van der Waals surface area contributed by atoms with Crippen molar-refractivity contribution in [1.29, 1.82) is 0 Å². The Bertz CT molecular complexity index is 995. The van der Waals surface area contributed by atoms with E-state index in [1.807, 2.05) is 37.3 Å². The molecule has 1 heterocycles. The van der Waals surface area contributed by atoms with Crippen LogP contribution in [0.3, 0.4) is 0 Å². The molecular formula is C21H20F3N3OS. The Labute approximate surface area is 171 Å². The van der Waals surface area contributed by atoms with Gasteiger partial charge in [0.15, 0.2) is 0 Å². The van der Waals surface area contributed by atoms with Gasteiger partial charge in [-0.1, -0.05) is 60.3 Å². The van der Waals surface area contributed by atoms with Crippen LogP contribution in [0.1, 0.15) is 25.2 Å². The number of nitrogens with zero attached hydrogens (tertiary/aromatic N) is 3. The van der Waals surface area contributed by atoms with Gasteiger partial charge < -0.3 is 4.90 Å². The summed E-state index contributed by atoms with van der Waals surface area (Å²) >= 11 is 1.02. The van der Waals surface area contributed by atoms with E-state index >= 15 is 0 Å². The molecule has 1 atom stereocenters. The number of alkyl halides is 3. The smallest absolute Gasteiger partial charge is 0.338 e. The van der Waals surface area contributed by atoms with E-state index in [9.17, 15) is 18.0 Å². The van der Waals surface area contributed by atoms with Crippen LogP contribution in [-0.2, 0) is 17.5 Å². The highest BCUT2D eigenvalue weighted by Crippen LogP contribution is 2.34. The van der Waals surface area contributed by atoms with Crippen molar-refractivity contribution in [3.05, 3.63) is 66.0 Å². The molecule has 3 rings (SSSR count). The minimum Gasteiger partial charge on any atom is -0.338 e. The molecule has 0 unspecified atom stereocenters. The average molecular weight is 419 g/mol. The molecule has 1 aromatic heterocycles. The first-order valence-corrected chi connectivity index (χ1v) is 10.0. The van der Waals surface area contributed by atoms with Crippen LogP contribution >= 0.6 is 11.8 Å². The van der Waals surface area contributed by atoms with Gasteiger partial charge in [-0.15, -0.1) is 0 Å². The predicted octanol–water partition coefficient (Wildman–Crippen LogP) is 5.18. The van der Waals surface area contributed by atoms with Crippen LogP contribution in [0.5, 0.6) is 0 Å². The molecule has 0 aliphatic rings. The highest BCUT2D eigenvalue weighted by Gasteiger charge is 2.36. The number of thioether (sulfide) groups is 1. The maximum absolute atomic E-state index is 13.2. The van der Waals surface area contributed by atoms with Crippen molar-refractivity contribution >= 4 is 28.6 Å². The highest BCUT2D eigenvalue weighted by molar-refractivity contribution is 8.00. The normalized spacial score (nSPS) is 12.7. The predicted molar refractivity (Wildman–Crippen MR) is 107 cm³/mol. The molecule has 0 fully saturated rings. The van der Waals surface area contributed by atoms with E-state index in [1.165, 1.54) is 6.07 Å². The molecule has 3 aromatic rings. The number of amides is 1. The van der Waals surface area contributed by atoms with Gasteiger partial charge in [0.1, 0.15) is 5.03 Å². The Kier molecular flexibility index (Phi) is 6.42. The summed E-state index contributed by atoms with van der Waals surface area (Å²) in [5.74, 6) is -1.35. The second-order valence-corrected chi connectivity index (χ2v) is 7.79. The minimum absolute atomic E-state index is 0.152. The number of halogens is 3. The van der Waals surface area contributed by atoms with Crippen LogP contribution < -0.4 is 0 Å². The minimum atomic E-state index is -4.66. The van der Waals surface area contributed by atoms with E-state index in [-0.39, 0.29) is 16.4 Å². The molecule has 8 heteroatoms. The zero-order chi connectivity index (χ0) is 21.0. The zero-order valence-corrected chi connectivity index (χ0v) is 16.8. The second-order valence-electron chi connectivity index (χ2n) is 6.47. The van der Waals surface area contributed by atoms with Crippen molar-refractivity contribution in [2.45, 2.75) is 36.8 Å². The SMILES string of the molecule is CCN(Cc1ccccc1)C(=O)[C@@H](C)Sc1nc(C(F)(F)F)nc2ccccc12. The van der Waals surface area contributed by atoms with Gasteiger partial charge >= 0.3 is 6.18 Å². The van der Waals surface area contributed by atoms with Crippen molar-refractivity contribution in [3.63, 3.8) is 0 Å². The molecule has 1 amide bonds. The largest absolute Gasteiger partial charge is 0.451 e. The summed E-state index contributed by atoms with van der Waals surface area (Å²) < 4.78 is 39.6. The lowest BCUT2D eigenvalue weighted by molar-refractivity contribution is -0.145. The third-order valence-electron chi connectivity index (χ3n) is 4.37. The van der Waals surface area contributed by atoms with Crippen molar-refractivity contribution in [2.75, 3.05) is 6.54 Å². The molecule has 0 spiro atoms. The number of hydrogen-bond donors (Lipinski definition) is 0. The first-order chi connectivity index (χ1) is 13.8. The summed E-state index contributed by atoms with van der Waals surface area (Å²) in [6.45, 7) is 4.50. The number of fused-ring (bicyclic) bond motifs is 1. The van der Waals surface area contributed by atoms with Crippen LogP contribution in [0.25, 0.3) is 10.9 Å². The van der Waals surface area contributed by atoms with E-state index < -0.39 is 17.3 Å². The van der Waals surface area contributed by atoms with Gasteiger partial charge in [-0.05, 0) is 25.5 Å². The molecule has 0 bridgehead atoms. The lowest BCUT2D eigenvalue weighted by Crippen LogP contribution is -2.36. The molecule has 0 saturated carbocycles. The summed E-state index contributed by atoms with van der Waals surface area (Å²) in [7, 11) is 0. The highest BCUT2D eigenvalue weighted by atomic mass is 32.2. The molecule has 4 nitrogen and oxygen atoms in total. The Morgan fingerprint density at radius 3 is 2.38 bits per heavy atom. The summed E-state index contributed by atoms with van der Waals surface area (Å²) in [4.78, 5) is 22.0. The summed E-state index contributed by atoms with van der Waals surface area (Å²) in [6, 6.07) is 16.1. The van der Waals surface area contributed by atoms with E-state index in [4.69, 9.17) is 0 Å². The fourth-order valence-electron chi connectivity index (χ4n) is 2.89. The summed E-state index contributed by atoms with van der Waals surface area (Å²) in [5.41, 5.74) is 1.19. The van der Waals surface area contributed by atoms with E-state index in [0.717, 1.165) is 17.3 Å². The first-order valence-electron chi connectivity index (χ1n) is 9.13. The van der Waals surface area contributed by atoms with Crippen LogP contribution in [0, 0.1) is 0 Å². The number of benzene rings is 2. The van der Waals surface area contributed by atoms with Gasteiger partial charge in [0.25, 0.3) is 0 Å². The molecular weight excluding hydrogens is 399 g/mol. The summed E-state index contributed by atoms with van der Waals surface area (Å²) in [6.07, 6.45) is -4.66. The van der Waals surface area contributed by atoms with Gasteiger partial charge in [-0.25, -0.2) is 9.97 Å². The number of carbonyl (C=O) groups is 1. The fraction of sp³-hybridized carbons (Fsp3) is 0.286. The molecule has 0 aliphatic carbocycles. The van der Waals surface area contributed by atoms with Crippen molar-refractivity contribution < 1.29 is 18.0 Å². The fourth-order valence-corrected chi connectivity index (χ4v) is 3.91. The van der Waals surface area contributed by atoms with Crippen molar-refractivity contribution in [1.82, 2.24) is 14.9 Å². The Balaban J connectivity index is 1.86. The van der Waals surface area contributed by atoms with Crippen LogP contribution in [0.2, 0.25) is 0 Å². The molecule has 0 aliphatic heterocycles. The average Bonchev–Trinajstić information content (AvgIpc) is 2.71. The number of carbonyl (C=O) groups excluding carboxylic acids is 1. The zero-order valence-electron chi connectivity index (χ0n) is 16.0. The monoisotopic (exact) mass is 419 g/mol. The third kappa shape index (κ3) is 5.06. The van der Waals surface area contributed by atoms with Crippen LogP contribution in [0.4, 0.5) is 13.2 Å². The Morgan fingerprint density at radius 1 is 1.07 bits per heavy atom. The second kappa shape index (κ2) is 8.82. The van der Waals surface area contributed by atoms with Crippen molar-refractivity contribution in [2.24, 2.45) is 0 Å². The Morgan fingerprint density at radius 2 is 1.72 bits per heavy atom. The first kappa shape index (κ1) is 21.1. The molecule has 0 N–H and O–H groups in total. The summed E-state index contributed by atoms with van der Waals surface area (Å²) in [5, 5.41) is 0.0499. The Hall–Kier alpha value is -2.61. The topological polar surface area (TPSA) is 46.1 Å². The quantitative estimate of drug-likeness (QED) is 0.408. The number of aromatic nitrogens is 2. The molecule has 0 radical (unpaired) electrons. The maximum Gasteiger partial charge on any atom is 0.451 e. The molecule has 0 saturated heterocycles. The van der Waals surface area contributed by atoms with E-state index in [1.54, 1.807) is 30.0 Å². The number of hydrogen-bond acceptors (Lipinski definition) is 4. The molecule has 29 heavy (non-hydrogen) atoms. The van der Waals surface area contributed by atoms with Gasteiger partial charge in [0.2, 0.25) is 11.7 Å². The van der Waals surface area contributed by atoms with E-state index in [2.05, 4.69) is 9.97 Å². The third-order valence-corrected chi connectivity index (χ3v) is 5.46. The molecule has 152 valence electrons. The lowest BCUT2D eigenvalue weighted by Gasteiger charge is -2.24. The number of rotatable bonds is 6. The van der Waals surface area contributed by atoms with Crippen LogP contribution in [0.15, 0.2) is 59.6 Å². The van der Waals surface area contributed by atoms with Gasteiger partial charge in [-0.3, -0.25) is 4.79 Å². The molecule has 2 aromatic carbocycles. The van der Waals surface area contributed by atoms with Crippen LogP contribution in [-0.4, -0.2) is 32.6 Å². The van der Waals surface area contributed by atoms with E-state index in [0.29, 0.717) is 18.5 Å². The maximum atomic E-state index is 13.2. The van der Waals surface area contributed by atoms with Crippen molar-refractivity contribution in [3.8, 4) is 0 Å².